The maximum absolute atomic E-state index is 13.5. The van der Waals surface area contributed by atoms with E-state index in [1.54, 1.807) is 35.8 Å². The normalized spacial score (nSPS) is 11.4. The molecule has 4 aromatic rings. The number of pyridine rings is 1. The van der Waals surface area contributed by atoms with E-state index in [1.165, 1.54) is 0 Å². The standard InChI is InChI=1S/C24H20ClNO4S/c1-13(2)26-19(15-7-5-4-6-8-15)14(3)21-18(23(26)28)20(27)22(24(29)30-21)31-17-11-9-16(25)10-12-17/h4-13,27H,1-3H3. The predicted octanol–water partition coefficient (Wildman–Crippen LogP) is 6.02. The summed E-state index contributed by atoms with van der Waals surface area (Å²) in [7, 11) is 0. The molecule has 0 atom stereocenters. The molecule has 2 heterocycles. The summed E-state index contributed by atoms with van der Waals surface area (Å²) in [6, 6.07) is 16.1. The Hall–Kier alpha value is -2.96. The van der Waals surface area contributed by atoms with E-state index >= 15 is 0 Å². The van der Waals surface area contributed by atoms with Crippen molar-refractivity contribution >= 4 is 34.3 Å². The Morgan fingerprint density at radius 2 is 1.68 bits per heavy atom. The molecule has 0 radical (unpaired) electrons. The molecule has 2 aromatic carbocycles. The average molecular weight is 454 g/mol. The van der Waals surface area contributed by atoms with Gasteiger partial charge in [0.15, 0.2) is 11.3 Å². The summed E-state index contributed by atoms with van der Waals surface area (Å²) in [6.07, 6.45) is 0. The van der Waals surface area contributed by atoms with Crippen molar-refractivity contribution in [3.05, 3.63) is 86.0 Å². The monoisotopic (exact) mass is 453 g/mol. The first-order valence-electron chi connectivity index (χ1n) is 9.73. The van der Waals surface area contributed by atoms with Crippen molar-refractivity contribution in [2.45, 2.75) is 36.6 Å². The van der Waals surface area contributed by atoms with Crippen LogP contribution in [0.25, 0.3) is 22.2 Å². The fourth-order valence-electron chi connectivity index (χ4n) is 3.64. The van der Waals surface area contributed by atoms with Gasteiger partial charge in [-0.25, -0.2) is 4.79 Å². The number of benzene rings is 2. The molecule has 0 unspecified atom stereocenters. The minimum absolute atomic E-state index is 0.00180. The second-order valence-electron chi connectivity index (χ2n) is 7.44. The van der Waals surface area contributed by atoms with Crippen LogP contribution in [0.3, 0.4) is 0 Å². The van der Waals surface area contributed by atoms with E-state index in [2.05, 4.69) is 0 Å². The molecule has 0 fully saturated rings. The first kappa shape index (κ1) is 21.3. The van der Waals surface area contributed by atoms with Crippen LogP contribution >= 0.6 is 23.4 Å². The molecule has 5 nitrogen and oxygen atoms in total. The van der Waals surface area contributed by atoms with Crippen molar-refractivity contribution in [1.82, 2.24) is 4.57 Å². The molecular weight excluding hydrogens is 434 g/mol. The van der Waals surface area contributed by atoms with Gasteiger partial charge in [0.2, 0.25) is 0 Å². The number of aromatic hydroxyl groups is 1. The van der Waals surface area contributed by atoms with Crippen LogP contribution in [0.4, 0.5) is 0 Å². The molecule has 0 aliphatic carbocycles. The minimum atomic E-state index is -0.700. The van der Waals surface area contributed by atoms with Gasteiger partial charge in [-0.05, 0) is 50.6 Å². The Bertz CT molecular complexity index is 1390. The summed E-state index contributed by atoms with van der Waals surface area (Å²) in [5, 5.41) is 11.6. The summed E-state index contributed by atoms with van der Waals surface area (Å²) in [4.78, 5) is 26.9. The van der Waals surface area contributed by atoms with Gasteiger partial charge in [-0.15, -0.1) is 0 Å². The van der Waals surface area contributed by atoms with Crippen molar-refractivity contribution in [3.63, 3.8) is 0 Å². The highest BCUT2D eigenvalue weighted by Crippen LogP contribution is 2.38. The zero-order valence-electron chi connectivity index (χ0n) is 17.2. The van der Waals surface area contributed by atoms with Gasteiger partial charge in [0.05, 0.1) is 5.69 Å². The Balaban J connectivity index is 2.04. The largest absolute Gasteiger partial charge is 0.505 e. The highest BCUT2D eigenvalue weighted by molar-refractivity contribution is 7.99. The third-order valence-electron chi connectivity index (χ3n) is 5.03. The molecule has 31 heavy (non-hydrogen) atoms. The second-order valence-corrected chi connectivity index (χ2v) is 8.96. The summed E-state index contributed by atoms with van der Waals surface area (Å²) < 4.78 is 7.23. The van der Waals surface area contributed by atoms with Gasteiger partial charge in [0.25, 0.3) is 5.56 Å². The van der Waals surface area contributed by atoms with E-state index in [0.717, 1.165) is 17.3 Å². The SMILES string of the molecule is Cc1c(-c2ccccc2)n(C(C)C)c(=O)c2c(O)c(Sc3ccc(Cl)cc3)c(=O)oc12. The molecule has 4 rings (SSSR count). The van der Waals surface area contributed by atoms with Crippen molar-refractivity contribution in [2.24, 2.45) is 0 Å². The van der Waals surface area contributed by atoms with Crippen LogP contribution in [0.5, 0.6) is 5.75 Å². The van der Waals surface area contributed by atoms with Gasteiger partial charge in [-0.2, -0.15) is 0 Å². The zero-order valence-corrected chi connectivity index (χ0v) is 18.8. The Labute approximate surface area is 187 Å². The third kappa shape index (κ3) is 3.77. The fourth-order valence-corrected chi connectivity index (χ4v) is 4.59. The Morgan fingerprint density at radius 3 is 2.29 bits per heavy atom. The van der Waals surface area contributed by atoms with E-state index in [-0.39, 0.29) is 27.7 Å². The predicted molar refractivity (Wildman–Crippen MR) is 125 cm³/mol. The lowest BCUT2D eigenvalue weighted by molar-refractivity contribution is 0.444. The average Bonchev–Trinajstić information content (AvgIpc) is 2.74. The van der Waals surface area contributed by atoms with Crippen LogP contribution in [-0.4, -0.2) is 9.67 Å². The van der Waals surface area contributed by atoms with Crippen molar-refractivity contribution in [3.8, 4) is 17.0 Å². The molecule has 0 bridgehead atoms. The smallest absolute Gasteiger partial charge is 0.354 e. The highest BCUT2D eigenvalue weighted by Gasteiger charge is 2.25. The number of hydrogen-bond acceptors (Lipinski definition) is 5. The Kier molecular flexibility index (Phi) is 5.69. The molecular formula is C24H20ClNO4S. The van der Waals surface area contributed by atoms with Crippen molar-refractivity contribution in [2.75, 3.05) is 0 Å². The van der Waals surface area contributed by atoms with Gasteiger partial charge in [-0.3, -0.25) is 4.79 Å². The Morgan fingerprint density at radius 1 is 1.03 bits per heavy atom. The van der Waals surface area contributed by atoms with Crippen molar-refractivity contribution < 1.29 is 9.52 Å². The van der Waals surface area contributed by atoms with E-state index in [1.807, 2.05) is 44.2 Å². The maximum Gasteiger partial charge on any atom is 0.354 e. The van der Waals surface area contributed by atoms with E-state index in [9.17, 15) is 14.7 Å². The lowest BCUT2D eigenvalue weighted by Crippen LogP contribution is -2.26. The topological polar surface area (TPSA) is 72.4 Å². The molecule has 7 heteroatoms. The summed E-state index contributed by atoms with van der Waals surface area (Å²) in [6.45, 7) is 5.59. The van der Waals surface area contributed by atoms with Gasteiger partial charge in [-0.1, -0.05) is 53.7 Å². The minimum Gasteiger partial charge on any atom is -0.505 e. The number of nitrogens with zero attached hydrogens (tertiary/aromatic N) is 1. The fraction of sp³-hybridized carbons (Fsp3) is 0.167. The van der Waals surface area contributed by atoms with Gasteiger partial charge in [0.1, 0.15) is 10.3 Å². The molecule has 0 saturated heterocycles. The van der Waals surface area contributed by atoms with E-state index < -0.39 is 11.2 Å². The van der Waals surface area contributed by atoms with Crippen LogP contribution in [0.1, 0.15) is 25.5 Å². The molecule has 0 saturated carbocycles. The lowest BCUT2D eigenvalue weighted by atomic mass is 10.0. The molecule has 158 valence electrons. The molecule has 0 aliphatic heterocycles. The molecule has 1 N–H and O–H groups in total. The van der Waals surface area contributed by atoms with Crippen LogP contribution in [0, 0.1) is 6.92 Å². The number of aryl methyl sites for hydroxylation is 1. The van der Waals surface area contributed by atoms with Crippen LogP contribution in [0.15, 0.2) is 78.4 Å². The number of aromatic nitrogens is 1. The third-order valence-corrected chi connectivity index (χ3v) is 6.35. The van der Waals surface area contributed by atoms with Gasteiger partial charge >= 0.3 is 5.63 Å². The molecule has 0 amide bonds. The molecule has 2 aromatic heterocycles. The van der Waals surface area contributed by atoms with Gasteiger partial charge < -0.3 is 14.1 Å². The number of halogens is 1. The quantitative estimate of drug-likeness (QED) is 0.409. The van der Waals surface area contributed by atoms with Gasteiger partial charge in [0, 0.05) is 21.5 Å². The summed E-state index contributed by atoms with van der Waals surface area (Å²) in [5.41, 5.74) is 1.10. The first-order chi connectivity index (χ1) is 14.8. The molecule has 0 aliphatic rings. The van der Waals surface area contributed by atoms with E-state index in [0.29, 0.717) is 21.2 Å². The number of hydrogen-bond donors (Lipinski definition) is 1. The highest BCUT2D eigenvalue weighted by atomic mass is 35.5. The zero-order chi connectivity index (χ0) is 22.3. The maximum atomic E-state index is 13.5. The van der Waals surface area contributed by atoms with E-state index in [4.69, 9.17) is 16.0 Å². The molecule has 0 spiro atoms. The van der Waals surface area contributed by atoms with Crippen LogP contribution < -0.4 is 11.2 Å². The number of fused-ring (bicyclic) bond motifs is 1. The summed E-state index contributed by atoms with van der Waals surface area (Å²) in [5.74, 6) is -0.367. The number of rotatable bonds is 4. The summed E-state index contributed by atoms with van der Waals surface area (Å²) >= 11 is 6.95. The van der Waals surface area contributed by atoms with Crippen molar-refractivity contribution in [1.29, 1.82) is 0 Å². The van der Waals surface area contributed by atoms with Crippen LogP contribution in [0.2, 0.25) is 5.02 Å². The first-order valence-corrected chi connectivity index (χ1v) is 10.9. The second kappa shape index (κ2) is 8.29. The van der Waals surface area contributed by atoms with Crippen LogP contribution in [-0.2, 0) is 0 Å². The lowest BCUT2D eigenvalue weighted by Gasteiger charge is -2.21.